The molecule has 0 aromatic carbocycles. The highest BCUT2D eigenvalue weighted by Gasteiger charge is 2.53. The van der Waals surface area contributed by atoms with Crippen LogP contribution >= 0.6 is 34.9 Å². The van der Waals surface area contributed by atoms with Crippen LogP contribution in [0.25, 0.3) is 0 Å². The van der Waals surface area contributed by atoms with Crippen LogP contribution in [0.2, 0.25) is 0 Å². The summed E-state index contributed by atoms with van der Waals surface area (Å²) in [6.45, 7) is 4.11. The van der Waals surface area contributed by atoms with Crippen molar-refractivity contribution in [2.45, 2.75) is 42.9 Å². The first-order valence-corrected chi connectivity index (χ1v) is 14.8. The number of anilines is 3. The first kappa shape index (κ1) is 30.7. The highest BCUT2D eigenvalue weighted by Crippen LogP contribution is 2.41. The minimum absolute atomic E-state index is 0.00567. The summed E-state index contributed by atoms with van der Waals surface area (Å²) in [6.07, 6.45) is 0. The number of hydrogen-bond acceptors (Lipinski definition) is 16. The molecule has 4 heterocycles. The Morgan fingerprint density at radius 2 is 2.02 bits per heavy atom. The van der Waals surface area contributed by atoms with E-state index in [-0.39, 0.29) is 44.8 Å². The van der Waals surface area contributed by atoms with Gasteiger partial charge in [0.2, 0.25) is 17.2 Å². The Bertz CT molecular complexity index is 1560. The van der Waals surface area contributed by atoms with Gasteiger partial charge in [-0.15, -0.1) is 27.8 Å². The number of carbonyl (C=O) groups is 4. The van der Waals surface area contributed by atoms with Crippen molar-refractivity contribution < 1.29 is 38.9 Å². The lowest BCUT2D eigenvalue weighted by atomic mass is 10.0. The second kappa shape index (κ2) is 11.5. The van der Waals surface area contributed by atoms with Crippen LogP contribution in [-0.4, -0.2) is 78.0 Å². The molecule has 0 saturated carbocycles. The van der Waals surface area contributed by atoms with E-state index in [0.29, 0.717) is 11.1 Å². The Hall–Kier alpha value is -4.30. The van der Waals surface area contributed by atoms with E-state index in [0.717, 1.165) is 32.7 Å². The summed E-state index contributed by atoms with van der Waals surface area (Å²) < 4.78 is 1.13. The fraction of sp³-hybridized carbons (Fsp3) is 0.364. The first-order valence-electron chi connectivity index (χ1n) is 11.9. The van der Waals surface area contributed by atoms with Gasteiger partial charge in [0, 0.05) is 16.9 Å². The van der Waals surface area contributed by atoms with Crippen molar-refractivity contribution in [3.63, 3.8) is 0 Å². The van der Waals surface area contributed by atoms with Gasteiger partial charge in [0.15, 0.2) is 10.8 Å². The van der Waals surface area contributed by atoms with Crippen LogP contribution in [0, 0.1) is 6.92 Å². The molecule has 2 atom stereocenters. The van der Waals surface area contributed by atoms with Crippen LogP contribution in [0.4, 0.5) is 16.8 Å². The fourth-order valence-electron chi connectivity index (χ4n) is 3.70. The molecule has 224 valence electrons. The van der Waals surface area contributed by atoms with Gasteiger partial charge in [0.05, 0.1) is 17.2 Å². The number of carbonyl (C=O) groups excluding carboxylic acids is 3. The molecule has 0 bridgehead atoms. The average molecular weight is 639 g/mol. The SMILES string of the molecule is Cc1c(N)nc(SCC2=C(C(=O)[O-])N3C(=O)C(NC(=O)/C(=N\OC(C)(C)C(=O)O)c4csc(N)n4)C3SC2)[n+](N)c1N. The van der Waals surface area contributed by atoms with E-state index in [1.165, 1.54) is 31.0 Å². The standard InChI is InChI=1S/C22H26N10O7S3/c1-7-13(23)29-21(32(26)14(7)24)42-5-8-4-40-17-11(16(34)31(17)12(8)18(35)36)28-15(33)10(9-6-41-20(25)27-9)30-39-22(2,3)19(37)38/h6,11,17H,4-5,26H2,1-3H3,(H8,23,24,25,27,28,33,35,36,37,38)/b30-10-. The Labute approximate surface area is 250 Å². The summed E-state index contributed by atoms with van der Waals surface area (Å²) >= 11 is 3.29. The number of oxime groups is 1. The monoisotopic (exact) mass is 638 g/mol. The van der Waals surface area contributed by atoms with Gasteiger partial charge < -0.3 is 42.4 Å². The molecular formula is C22H26N10O7S3. The van der Waals surface area contributed by atoms with Gasteiger partial charge in [-0.25, -0.2) is 9.78 Å². The van der Waals surface area contributed by atoms with Crippen molar-refractivity contribution in [3.05, 3.63) is 27.9 Å². The van der Waals surface area contributed by atoms with Crippen LogP contribution in [0.1, 0.15) is 25.1 Å². The molecule has 4 rings (SSSR count). The van der Waals surface area contributed by atoms with Gasteiger partial charge in [0.25, 0.3) is 11.8 Å². The number of nitrogen functional groups attached to an aromatic ring is 4. The number of thiazole rings is 1. The van der Waals surface area contributed by atoms with E-state index >= 15 is 0 Å². The molecule has 1 saturated heterocycles. The van der Waals surface area contributed by atoms with E-state index in [4.69, 9.17) is 27.9 Å². The van der Waals surface area contributed by atoms with Crippen molar-refractivity contribution in [1.82, 2.24) is 20.2 Å². The van der Waals surface area contributed by atoms with Crippen LogP contribution < -0.4 is 38.1 Å². The zero-order valence-corrected chi connectivity index (χ0v) is 24.8. The Balaban J connectivity index is 1.54. The molecule has 0 aliphatic carbocycles. The van der Waals surface area contributed by atoms with Gasteiger partial charge in [-0.1, -0.05) is 10.1 Å². The first-order chi connectivity index (χ1) is 19.6. The number of aromatic nitrogens is 3. The molecule has 0 radical (unpaired) electrons. The van der Waals surface area contributed by atoms with Crippen molar-refractivity contribution in [1.29, 1.82) is 0 Å². The number of β-lactam (4-membered cyclic amide) rings is 1. The lowest BCUT2D eigenvalue weighted by molar-refractivity contribution is -0.667. The lowest BCUT2D eigenvalue weighted by Crippen LogP contribution is -2.71. The van der Waals surface area contributed by atoms with Gasteiger partial charge in [-0.05, 0) is 38.1 Å². The molecule has 17 nitrogen and oxygen atoms in total. The van der Waals surface area contributed by atoms with Crippen molar-refractivity contribution in [3.8, 4) is 0 Å². The number of rotatable bonds is 10. The number of nitrogens with two attached hydrogens (primary N) is 4. The quantitative estimate of drug-likeness (QED) is 0.0295. The second-order valence-electron chi connectivity index (χ2n) is 9.47. The summed E-state index contributed by atoms with van der Waals surface area (Å²) in [6, 6.07) is -1.13. The van der Waals surface area contributed by atoms with Crippen LogP contribution in [-0.2, 0) is 24.0 Å². The zero-order chi connectivity index (χ0) is 31.1. The van der Waals surface area contributed by atoms with E-state index in [1.807, 2.05) is 0 Å². The minimum atomic E-state index is -1.79. The lowest BCUT2D eigenvalue weighted by Gasteiger charge is -2.50. The second-order valence-corrected chi connectivity index (χ2v) is 12.4. The summed E-state index contributed by atoms with van der Waals surface area (Å²) in [5.41, 5.74) is 15.8. The number of carboxylic acids is 2. The molecule has 0 spiro atoms. The van der Waals surface area contributed by atoms with Gasteiger partial charge in [-0.2, -0.15) is 0 Å². The fourth-order valence-corrected chi connectivity index (χ4v) is 6.67. The third kappa shape index (κ3) is 5.72. The summed E-state index contributed by atoms with van der Waals surface area (Å²) in [5, 5.41) is 28.6. The molecule has 1 fully saturated rings. The zero-order valence-electron chi connectivity index (χ0n) is 22.3. The largest absolute Gasteiger partial charge is 0.543 e. The minimum Gasteiger partial charge on any atom is -0.543 e. The summed E-state index contributed by atoms with van der Waals surface area (Å²) in [7, 11) is 0. The van der Waals surface area contributed by atoms with E-state index in [2.05, 4.69) is 20.4 Å². The Morgan fingerprint density at radius 3 is 2.62 bits per heavy atom. The Kier molecular flexibility index (Phi) is 8.41. The molecular weight excluding hydrogens is 613 g/mol. The van der Waals surface area contributed by atoms with Gasteiger partial charge in [0.1, 0.15) is 17.1 Å². The third-order valence-electron chi connectivity index (χ3n) is 6.21. The molecule has 2 aromatic heterocycles. The van der Waals surface area contributed by atoms with Crippen LogP contribution in [0.5, 0.6) is 0 Å². The van der Waals surface area contributed by atoms with E-state index in [9.17, 15) is 29.4 Å². The molecule has 2 aliphatic heterocycles. The number of carboxylic acid groups (broad SMARTS) is 2. The number of thioether (sulfide) groups is 2. The van der Waals surface area contributed by atoms with Crippen molar-refractivity contribution in [2.24, 2.45) is 5.16 Å². The normalized spacial score (nSPS) is 18.8. The number of fused-ring (bicyclic) bond motifs is 1. The van der Waals surface area contributed by atoms with Crippen molar-refractivity contribution in [2.75, 3.05) is 34.5 Å². The number of amides is 2. The molecule has 2 aromatic rings. The molecule has 20 heteroatoms. The third-order valence-corrected chi connectivity index (χ3v) is 9.27. The highest BCUT2D eigenvalue weighted by molar-refractivity contribution is 8.01. The average Bonchev–Trinajstić information content (AvgIpc) is 3.36. The topological polar surface area (TPSA) is 282 Å². The predicted molar refractivity (Wildman–Crippen MR) is 152 cm³/mol. The van der Waals surface area contributed by atoms with Crippen LogP contribution in [0.15, 0.2) is 27.0 Å². The highest BCUT2D eigenvalue weighted by atomic mass is 32.2. The van der Waals surface area contributed by atoms with E-state index < -0.39 is 46.5 Å². The maximum absolute atomic E-state index is 13.2. The van der Waals surface area contributed by atoms with E-state index in [1.54, 1.807) is 6.92 Å². The summed E-state index contributed by atoms with van der Waals surface area (Å²) in [4.78, 5) is 64.2. The predicted octanol–water partition coefficient (Wildman–Crippen LogP) is -2.63. The Morgan fingerprint density at radius 1 is 1.33 bits per heavy atom. The molecule has 42 heavy (non-hydrogen) atoms. The number of hydrogen-bond donors (Lipinski definition) is 6. The van der Waals surface area contributed by atoms with Crippen molar-refractivity contribution >= 4 is 81.1 Å². The summed E-state index contributed by atoms with van der Waals surface area (Å²) in [5.74, 6) is 2.06. The molecule has 2 aliphatic rings. The smallest absolute Gasteiger partial charge is 0.350 e. The van der Waals surface area contributed by atoms with Gasteiger partial charge in [-0.3, -0.25) is 20.3 Å². The van der Waals surface area contributed by atoms with Gasteiger partial charge >= 0.3 is 11.1 Å². The maximum Gasteiger partial charge on any atom is 0.350 e. The number of nitrogens with zero attached hydrogens (tertiary/aromatic N) is 5. The number of nitrogens with one attached hydrogen (secondary N) is 1. The molecule has 10 N–H and O–H groups in total. The molecule has 2 amide bonds. The maximum atomic E-state index is 13.2. The molecule has 2 unspecified atom stereocenters. The number of aliphatic carboxylic acids is 2. The van der Waals surface area contributed by atoms with Crippen LogP contribution in [0.3, 0.4) is 0 Å².